The van der Waals surface area contributed by atoms with Gasteiger partial charge in [-0.15, -0.1) is 0 Å². The number of thiocarbonyl (C=S) groups is 1. The molecule has 1 saturated heterocycles. The molecule has 0 aliphatic carbocycles. The maximum atomic E-state index is 12.5. The van der Waals surface area contributed by atoms with Crippen molar-refractivity contribution in [2.45, 2.75) is 25.7 Å². The average Bonchev–Trinajstić information content (AvgIpc) is 3.13. The Labute approximate surface area is 154 Å². The van der Waals surface area contributed by atoms with E-state index in [1.807, 2.05) is 18.2 Å². The number of hydrogen-bond acceptors (Lipinski definition) is 7. The summed E-state index contributed by atoms with van der Waals surface area (Å²) in [4.78, 5) is 25.0. The van der Waals surface area contributed by atoms with Crippen LogP contribution in [0.25, 0.3) is 6.08 Å². The lowest BCUT2D eigenvalue weighted by atomic mass is 10.1. The van der Waals surface area contributed by atoms with Crippen LogP contribution in [0.3, 0.4) is 0 Å². The molecule has 8 heteroatoms. The lowest BCUT2D eigenvalue weighted by Crippen LogP contribution is -2.29. The van der Waals surface area contributed by atoms with Crippen LogP contribution in [0.4, 0.5) is 0 Å². The normalized spacial score (nSPS) is 17.6. The molecule has 0 N–H and O–H groups in total. The second kappa shape index (κ2) is 7.88. The summed E-state index contributed by atoms with van der Waals surface area (Å²) >= 11 is 6.56. The summed E-state index contributed by atoms with van der Waals surface area (Å²) in [6, 6.07) is 5.50. The van der Waals surface area contributed by atoms with Gasteiger partial charge in [0, 0.05) is 12.5 Å². The molecule has 6 nitrogen and oxygen atoms in total. The molecule has 0 atom stereocenters. The summed E-state index contributed by atoms with van der Waals surface area (Å²) < 4.78 is 11.1. The van der Waals surface area contributed by atoms with Crippen LogP contribution in [0.5, 0.6) is 11.5 Å². The molecule has 0 unspecified atom stereocenters. The van der Waals surface area contributed by atoms with Gasteiger partial charge in [0.2, 0.25) is 6.79 Å². The standard InChI is InChI=1S/C17H17NO5S2/c19-15(20)4-2-1-3-7-18-16(21)14(25-17(18)24)9-11-5-6-12-13(8-11)23-10-22-12/h5-6,8-9H,1-4,7,10H2,(H,19,20)/p-1/b14-9+. The zero-order valence-corrected chi connectivity index (χ0v) is 15.0. The Morgan fingerprint density at radius 2 is 2.08 bits per heavy atom. The minimum atomic E-state index is -1.04. The van der Waals surface area contributed by atoms with Gasteiger partial charge in [-0.25, -0.2) is 0 Å². The van der Waals surface area contributed by atoms with Crippen molar-refractivity contribution in [3.63, 3.8) is 0 Å². The van der Waals surface area contributed by atoms with Gasteiger partial charge in [-0.2, -0.15) is 0 Å². The molecule has 1 fully saturated rings. The van der Waals surface area contributed by atoms with Crippen LogP contribution in [-0.2, 0) is 9.59 Å². The van der Waals surface area contributed by atoms with Gasteiger partial charge >= 0.3 is 0 Å². The largest absolute Gasteiger partial charge is 0.550 e. The average molecular weight is 378 g/mol. The van der Waals surface area contributed by atoms with Crippen LogP contribution >= 0.6 is 24.0 Å². The van der Waals surface area contributed by atoms with Gasteiger partial charge in [0.1, 0.15) is 4.32 Å². The molecule has 25 heavy (non-hydrogen) atoms. The highest BCUT2D eigenvalue weighted by atomic mass is 32.2. The van der Waals surface area contributed by atoms with Gasteiger partial charge in [0.25, 0.3) is 5.91 Å². The number of carboxylic acid groups (broad SMARTS) is 1. The predicted molar refractivity (Wildman–Crippen MR) is 95.9 cm³/mol. The number of unbranched alkanes of at least 4 members (excludes halogenated alkanes) is 2. The summed E-state index contributed by atoms with van der Waals surface area (Å²) in [6.07, 6.45) is 3.80. The number of aliphatic carboxylic acids is 1. The van der Waals surface area contributed by atoms with Crippen LogP contribution in [0, 0.1) is 0 Å². The first kappa shape index (κ1) is 17.8. The highest BCUT2D eigenvalue weighted by Crippen LogP contribution is 2.36. The van der Waals surface area contributed by atoms with Gasteiger partial charge in [0.05, 0.1) is 4.91 Å². The third kappa shape index (κ3) is 4.32. The van der Waals surface area contributed by atoms with Crippen molar-refractivity contribution in [3.05, 3.63) is 28.7 Å². The Hall–Kier alpha value is -2.06. The topological polar surface area (TPSA) is 78.9 Å². The molecule has 2 aliphatic heterocycles. The van der Waals surface area contributed by atoms with Crippen LogP contribution in [0.1, 0.15) is 31.2 Å². The Kier molecular flexibility index (Phi) is 5.60. The number of hydrogen-bond donors (Lipinski definition) is 0. The quantitative estimate of drug-likeness (QED) is 0.407. The van der Waals surface area contributed by atoms with E-state index in [4.69, 9.17) is 21.7 Å². The number of rotatable bonds is 7. The number of carboxylic acids is 1. The number of ether oxygens (including phenoxy) is 2. The molecular weight excluding hydrogens is 362 g/mol. The summed E-state index contributed by atoms with van der Waals surface area (Å²) in [5.41, 5.74) is 0.846. The highest BCUT2D eigenvalue weighted by Gasteiger charge is 2.31. The van der Waals surface area contributed by atoms with E-state index in [1.54, 1.807) is 11.0 Å². The smallest absolute Gasteiger partial charge is 0.266 e. The fourth-order valence-electron chi connectivity index (χ4n) is 2.56. The summed E-state index contributed by atoms with van der Waals surface area (Å²) in [6.45, 7) is 0.703. The van der Waals surface area contributed by atoms with E-state index in [0.29, 0.717) is 46.5 Å². The van der Waals surface area contributed by atoms with Crippen molar-refractivity contribution in [2.75, 3.05) is 13.3 Å². The molecule has 0 aromatic heterocycles. The molecule has 0 radical (unpaired) electrons. The molecule has 2 aliphatic rings. The second-order valence-corrected chi connectivity index (χ2v) is 7.30. The van der Waals surface area contributed by atoms with Crippen molar-refractivity contribution in [1.82, 2.24) is 4.90 Å². The Morgan fingerprint density at radius 3 is 2.88 bits per heavy atom. The highest BCUT2D eigenvalue weighted by molar-refractivity contribution is 8.26. The number of carbonyl (C=O) groups excluding carboxylic acids is 2. The molecule has 1 aromatic rings. The molecule has 132 valence electrons. The lowest BCUT2D eigenvalue weighted by molar-refractivity contribution is -0.305. The van der Waals surface area contributed by atoms with Crippen LogP contribution in [-0.4, -0.2) is 34.4 Å². The minimum Gasteiger partial charge on any atom is -0.550 e. The molecule has 0 spiro atoms. The summed E-state index contributed by atoms with van der Waals surface area (Å²) in [7, 11) is 0. The molecular formula is C17H16NO5S2-. The van der Waals surface area contributed by atoms with E-state index in [-0.39, 0.29) is 19.1 Å². The van der Waals surface area contributed by atoms with E-state index in [0.717, 1.165) is 5.56 Å². The SMILES string of the molecule is O=C([O-])CCCCCN1C(=O)/C(=C\c2ccc3c(c2)OCO3)SC1=S. The third-order valence-corrected chi connectivity index (χ3v) is 5.21. The molecule has 0 saturated carbocycles. The Balaban J connectivity index is 1.60. The van der Waals surface area contributed by atoms with Crippen LogP contribution in [0.2, 0.25) is 0 Å². The fourth-order valence-corrected chi connectivity index (χ4v) is 3.87. The van der Waals surface area contributed by atoms with Gasteiger partial charge in [-0.05, 0) is 43.0 Å². The van der Waals surface area contributed by atoms with E-state index < -0.39 is 5.97 Å². The maximum absolute atomic E-state index is 12.5. The summed E-state index contributed by atoms with van der Waals surface area (Å²) in [5, 5.41) is 10.4. The van der Waals surface area contributed by atoms with Crippen molar-refractivity contribution < 1.29 is 24.2 Å². The number of carbonyl (C=O) groups is 2. The van der Waals surface area contributed by atoms with E-state index in [1.165, 1.54) is 11.8 Å². The zero-order chi connectivity index (χ0) is 17.8. The number of amides is 1. The third-order valence-electron chi connectivity index (χ3n) is 3.83. The van der Waals surface area contributed by atoms with Crippen molar-refractivity contribution in [2.24, 2.45) is 0 Å². The Bertz CT molecular complexity index is 747. The molecule has 0 bridgehead atoms. The monoisotopic (exact) mass is 378 g/mol. The van der Waals surface area contributed by atoms with Crippen LogP contribution in [0.15, 0.2) is 23.1 Å². The van der Waals surface area contributed by atoms with E-state index >= 15 is 0 Å². The van der Waals surface area contributed by atoms with Crippen molar-refractivity contribution >= 4 is 46.3 Å². The van der Waals surface area contributed by atoms with Gasteiger partial charge in [0.15, 0.2) is 11.5 Å². The number of fused-ring (bicyclic) bond motifs is 1. The zero-order valence-electron chi connectivity index (χ0n) is 13.4. The first-order valence-electron chi connectivity index (χ1n) is 7.89. The molecule has 1 aromatic carbocycles. The minimum absolute atomic E-state index is 0.0441. The summed E-state index contributed by atoms with van der Waals surface area (Å²) in [5.74, 6) is 0.197. The number of nitrogens with zero attached hydrogens (tertiary/aromatic N) is 1. The molecule has 2 heterocycles. The van der Waals surface area contributed by atoms with Crippen molar-refractivity contribution in [1.29, 1.82) is 0 Å². The molecule has 1 amide bonds. The van der Waals surface area contributed by atoms with Gasteiger partial charge in [-0.3, -0.25) is 9.69 Å². The predicted octanol–water partition coefficient (Wildman–Crippen LogP) is 1.93. The van der Waals surface area contributed by atoms with Gasteiger partial charge in [-0.1, -0.05) is 36.5 Å². The van der Waals surface area contributed by atoms with Gasteiger partial charge < -0.3 is 19.4 Å². The first-order valence-corrected chi connectivity index (χ1v) is 9.12. The van der Waals surface area contributed by atoms with Crippen LogP contribution < -0.4 is 14.6 Å². The molecule has 3 rings (SSSR count). The Morgan fingerprint density at radius 1 is 1.28 bits per heavy atom. The maximum Gasteiger partial charge on any atom is 0.266 e. The number of thioether (sulfide) groups is 1. The second-order valence-electron chi connectivity index (χ2n) is 5.63. The van der Waals surface area contributed by atoms with E-state index in [2.05, 4.69) is 0 Å². The lowest BCUT2D eigenvalue weighted by Gasteiger charge is -2.14. The van der Waals surface area contributed by atoms with Crippen molar-refractivity contribution in [3.8, 4) is 11.5 Å². The number of benzene rings is 1. The van der Waals surface area contributed by atoms with E-state index in [9.17, 15) is 14.7 Å². The fraction of sp³-hybridized carbons (Fsp3) is 0.353. The first-order chi connectivity index (χ1) is 12.0.